The summed E-state index contributed by atoms with van der Waals surface area (Å²) in [6, 6.07) is 5.10. The summed E-state index contributed by atoms with van der Waals surface area (Å²) in [5.41, 5.74) is 0.591. The number of hydrogen-bond donors (Lipinski definition) is 1. The standard InChI is InChI=1S/C12H14BrCl2NO/c1-8(14)3-2-6-16-12(17)10-5-4-9(15)7-11(10)13/h4-5,7-8H,2-3,6H2,1H3,(H,16,17). The van der Waals surface area contributed by atoms with Crippen LogP contribution in [-0.2, 0) is 0 Å². The Balaban J connectivity index is 2.47. The second-order valence-corrected chi connectivity index (χ2v) is 5.84. The predicted octanol–water partition coefficient (Wildman–Crippen LogP) is 4.24. The van der Waals surface area contributed by atoms with Crippen LogP contribution < -0.4 is 5.32 Å². The summed E-state index contributed by atoms with van der Waals surface area (Å²) in [5, 5.41) is 3.59. The van der Waals surface area contributed by atoms with Gasteiger partial charge in [-0.15, -0.1) is 11.6 Å². The molecule has 0 bridgehead atoms. The van der Waals surface area contributed by atoms with E-state index in [0.717, 1.165) is 12.8 Å². The van der Waals surface area contributed by atoms with E-state index < -0.39 is 0 Å². The molecule has 17 heavy (non-hydrogen) atoms. The first-order chi connectivity index (χ1) is 8.00. The van der Waals surface area contributed by atoms with E-state index >= 15 is 0 Å². The number of rotatable bonds is 5. The van der Waals surface area contributed by atoms with Crippen LogP contribution in [0.2, 0.25) is 5.02 Å². The zero-order chi connectivity index (χ0) is 12.8. The summed E-state index contributed by atoms with van der Waals surface area (Å²) in [5.74, 6) is -0.101. The monoisotopic (exact) mass is 337 g/mol. The summed E-state index contributed by atoms with van der Waals surface area (Å²) in [7, 11) is 0. The average molecular weight is 339 g/mol. The first kappa shape index (κ1) is 14.8. The molecule has 1 amide bonds. The van der Waals surface area contributed by atoms with Gasteiger partial charge in [-0.05, 0) is 53.9 Å². The number of benzene rings is 1. The van der Waals surface area contributed by atoms with Crippen molar-refractivity contribution in [2.75, 3.05) is 6.54 Å². The van der Waals surface area contributed by atoms with Crippen molar-refractivity contribution in [2.24, 2.45) is 0 Å². The van der Waals surface area contributed by atoms with Gasteiger partial charge in [-0.3, -0.25) is 4.79 Å². The highest BCUT2D eigenvalue weighted by Crippen LogP contribution is 2.21. The highest BCUT2D eigenvalue weighted by Gasteiger charge is 2.09. The first-order valence-corrected chi connectivity index (χ1v) is 6.98. The fourth-order valence-electron chi connectivity index (χ4n) is 1.35. The minimum Gasteiger partial charge on any atom is -0.352 e. The Morgan fingerprint density at radius 3 is 2.82 bits per heavy atom. The van der Waals surface area contributed by atoms with Crippen molar-refractivity contribution in [2.45, 2.75) is 25.1 Å². The maximum absolute atomic E-state index is 11.8. The SMILES string of the molecule is CC(Cl)CCCNC(=O)c1ccc(Cl)cc1Br. The Morgan fingerprint density at radius 2 is 2.24 bits per heavy atom. The minimum absolute atomic E-state index is 0.101. The molecule has 1 aromatic carbocycles. The van der Waals surface area contributed by atoms with Gasteiger partial charge < -0.3 is 5.32 Å². The molecule has 0 fully saturated rings. The summed E-state index contributed by atoms with van der Waals surface area (Å²) in [4.78, 5) is 11.8. The Kier molecular flexibility index (Phi) is 6.31. The number of amides is 1. The molecule has 1 atom stereocenters. The maximum Gasteiger partial charge on any atom is 0.252 e. The van der Waals surface area contributed by atoms with Crippen LogP contribution in [0.3, 0.4) is 0 Å². The van der Waals surface area contributed by atoms with Crippen LogP contribution in [0.5, 0.6) is 0 Å². The highest BCUT2D eigenvalue weighted by molar-refractivity contribution is 9.10. The Hall–Kier alpha value is -0.250. The summed E-state index contributed by atoms with van der Waals surface area (Å²) in [6.07, 6.45) is 1.77. The van der Waals surface area contributed by atoms with Gasteiger partial charge >= 0.3 is 0 Å². The number of hydrogen-bond acceptors (Lipinski definition) is 1. The number of carbonyl (C=O) groups is 1. The van der Waals surface area contributed by atoms with Crippen molar-refractivity contribution in [3.63, 3.8) is 0 Å². The smallest absolute Gasteiger partial charge is 0.252 e. The van der Waals surface area contributed by atoms with Crippen molar-refractivity contribution in [1.29, 1.82) is 0 Å². The van der Waals surface area contributed by atoms with Crippen molar-refractivity contribution < 1.29 is 4.79 Å². The Labute approximate surface area is 120 Å². The van der Waals surface area contributed by atoms with Gasteiger partial charge in [0.05, 0.1) is 5.56 Å². The third-order valence-corrected chi connectivity index (χ3v) is 3.35. The van der Waals surface area contributed by atoms with Crippen molar-refractivity contribution >= 4 is 45.0 Å². The maximum atomic E-state index is 11.8. The normalized spacial score (nSPS) is 12.2. The lowest BCUT2D eigenvalue weighted by Crippen LogP contribution is -2.25. The molecule has 1 unspecified atom stereocenters. The lowest BCUT2D eigenvalue weighted by Gasteiger charge is -2.07. The van der Waals surface area contributed by atoms with E-state index in [-0.39, 0.29) is 11.3 Å². The van der Waals surface area contributed by atoms with Gasteiger partial charge in [0.1, 0.15) is 0 Å². The first-order valence-electron chi connectivity index (χ1n) is 5.38. The zero-order valence-corrected chi connectivity index (χ0v) is 12.6. The lowest BCUT2D eigenvalue weighted by molar-refractivity contribution is 0.0952. The number of carbonyl (C=O) groups excluding carboxylic acids is 1. The van der Waals surface area contributed by atoms with Crippen LogP contribution in [0.25, 0.3) is 0 Å². The molecular weight excluding hydrogens is 325 g/mol. The molecule has 0 saturated heterocycles. The van der Waals surface area contributed by atoms with Crippen LogP contribution in [0.15, 0.2) is 22.7 Å². The van der Waals surface area contributed by atoms with Crippen LogP contribution in [-0.4, -0.2) is 17.8 Å². The van der Waals surface area contributed by atoms with Crippen molar-refractivity contribution in [3.05, 3.63) is 33.3 Å². The van der Waals surface area contributed by atoms with E-state index in [1.165, 1.54) is 0 Å². The second kappa shape index (κ2) is 7.24. The van der Waals surface area contributed by atoms with Gasteiger partial charge in [-0.1, -0.05) is 11.6 Å². The van der Waals surface area contributed by atoms with Gasteiger partial charge in [0.15, 0.2) is 0 Å². The topological polar surface area (TPSA) is 29.1 Å². The third kappa shape index (κ3) is 5.28. The van der Waals surface area contributed by atoms with E-state index in [1.54, 1.807) is 18.2 Å². The molecular formula is C12H14BrCl2NO. The molecule has 1 N–H and O–H groups in total. The van der Waals surface area contributed by atoms with E-state index in [1.807, 2.05) is 6.92 Å². The molecule has 5 heteroatoms. The van der Waals surface area contributed by atoms with Crippen LogP contribution >= 0.6 is 39.1 Å². The zero-order valence-electron chi connectivity index (χ0n) is 9.47. The average Bonchev–Trinajstić information content (AvgIpc) is 2.23. The Morgan fingerprint density at radius 1 is 1.53 bits per heavy atom. The van der Waals surface area contributed by atoms with E-state index in [4.69, 9.17) is 23.2 Å². The molecule has 0 aliphatic heterocycles. The van der Waals surface area contributed by atoms with Crippen LogP contribution in [0.4, 0.5) is 0 Å². The third-order valence-electron chi connectivity index (χ3n) is 2.24. The molecule has 94 valence electrons. The van der Waals surface area contributed by atoms with Crippen molar-refractivity contribution in [3.8, 4) is 0 Å². The summed E-state index contributed by atoms with van der Waals surface area (Å²) < 4.78 is 0.702. The minimum atomic E-state index is -0.101. The molecule has 0 aliphatic carbocycles. The highest BCUT2D eigenvalue weighted by atomic mass is 79.9. The van der Waals surface area contributed by atoms with E-state index in [0.29, 0.717) is 21.6 Å². The molecule has 2 nitrogen and oxygen atoms in total. The quantitative estimate of drug-likeness (QED) is 0.631. The van der Waals surface area contributed by atoms with Gasteiger partial charge in [0, 0.05) is 21.4 Å². The van der Waals surface area contributed by atoms with Gasteiger partial charge in [0.25, 0.3) is 5.91 Å². The predicted molar refractivity (Wildman–Crippen MR) is 76.0 cm³/mol. The van der Waals surface area contributed by atoms with Crippen LogP contribution in [0, 0.1) is 0 Å². The molecule has 0 spiro atoms. The Bertz CT molecular complexity index is 396. The summed E-state index contributed by atoms with van der Waals surface area (Å²) >= 11 is 14.9. The molecule has 0 heterocycles. The number of nitrogens with one attached hydrogen (secondary N) is 1. The lowest BCUT2D eigenvalue weighted by atomic mass is 10.2. The molecule has 0 saturated carbocycles. The van der Waals surface area contributed by atoms with E-state index in [2.05, 4.69) is 21.2 Å². The molecule has 0 aromatic heterocycles. The summed E-state index contributed by atoms with van der Waals surface area (Å²) in [6.45, 7) is 2.57. The number of halogens is 3. The van der Waals surface area contributed by atoms with Gasteiger partial charge in [-0.25, -0.2) is 0 Å². The molecule has 1 aromatic rings. The number of alkyl halides is 1. The molecule has 0 aliphatic rings. The second-order valence-electron chi connectivity index (χ2n) is 3.80. The van der Waals surface area contributed by atoms with Gasteiger partial charge in [0.2, 0.25) is 0 Å². The fraction of sp³-hybridized carbons (Fsp3) is 0.417. The molecule has 0 radical (unpaired) electrons. The fourth-order valence-corrected chi connectivity index (χ4v) is 2.37. The molecule has 1 rings (SSSR count). The van der Waals surface area contributed by atoms with E-state index in [9.17, 15) is 4.79 Å². The largest absolute Gasteiger partial charge is 0.352 e. The van der Waals surface area contributed by atoms with Gasteiger partial charge in [-0.2, -0.15) is 0 Å². The van der Waals surface area contributed by atoms with Crippen molar-refractivity contribution in [1.82, 2.24) is 5.32 Å². The van der Waals surface area contributed by atoms with Crippen LogP contribution in [0.1, 0.15) is 30.1 Å².